The number of benzene rings is 2. The van der Waals surface area contributed by atoms with Gasteiger partial charge < -0.3 is 41.4 Å². The maximum atomic E-state index is 13.8. The Balaban J connectivity index is 1.12. The number of rotatable bonds is 16. The molecule has 6 amide bonds. The zero-order chi connectivity index (χ0) is 46.8. The number of anilines is 2. The van der Waals surface area contributed by atoms with Crippen LogP contribution >= 0.6 is 23.5 Å². The van der Waals surface area contributed by atoms with Gasteiger partial charge in [-0.05, 0) is 56.2 Å². The van der Waals surface area contributed by atoms with Crippen molar-refractivity contribution in [3.8, 4) is 0 Å². The minimum absolute atomic E-state index is 0.00305. The smallest absolute Gasteiger partial charge is 0.408 e. The monoisotopic (exact) mass is 928 g/mol. The maximum Gasteiger partial charge on any atom is 0.408 e. The fraction of sp³-hybridized carbons (Fsp3) is 0.341. The summed E-state index contributed by atoms with van der Waals surface area (Å²) in [6.07, 6.45) is -0.737. The van der Waals surface area contributed by atoms with Gasteiger partial charge in [-0.25, -0.2) is 4.79 Å². The van der Waals surface area contributed by atoms with Gasteiger partial charge in [-0.15, -0.1) is 23.5 Å². The molecule has 4 atom stereocenters. The highest BCUT2D eigenvalue weighted by Crippen LogP contribution is 2.33. The van der Waals surface area contributed by atoms with Gasteiger partial charge in [0.15, 0.2) is 0 Å². The molecule has 0 radical (unpaired) electrons. The van der Waals surface area contributed by atoms with Crippen LogP contribution in [-0.4, -0.2) is 100 Å². The molecule has 2 aliphatic heterocycles. The molecule has 0 unspecified atom stereocenters. The average molecular weight is 929 g/mol. The van der Waals surface area contributed by atoms with Crippen LogP contribution in [0.3, 0.4) is 0 Å². The van der Waals surface area contributed by atoms with Crippen molar-refractivity contribution < 1.29 is 43.0 Å². The third-order valence-electron chi connectivity index (χ3n) is 9.96. The number of hydrogen-bond donors (Lipinski definition) is 6. The Morgan fingerprint density at radius 3 is 1.54 bits per heavy atom. The minimum Gasteiger partial charge on any atom is -0.468 e. The van der Waals surface area contributed by atoms with Crippen molar-refractivity contribution in [2.45, 2.75) is 73.4 Å². The molecule has 0 aliphatic carbocycles. The van der Waals surface area contributed by atoms with Crippen LogP contribution in [0.5, 0.6) is 0 Å². The Kier molecular flexibility index (Phi) is 15.5. The van der Waals surface area contributed by atoms with Crippen molar-refractivity contribution >= 4 is 76.5 Å². The number of alkyl carbamates (subject to hydrolysis) is 1. The van der Waals surface area contributed by atoms with Crippen LogP contribution in [0.25, 0.3) is 0 Å². The molecule has 6 N–H and O–H groups in total. The summed E-state index contributed by atoms with van der Waals surface area (Å²) in [5.41, 5.74) is -1.08. The van der Waals surface area contributed by atoms with Gasteiger partial charge in [-0.1, -0.05) is 60.7 Å². The molecule has 0 fully saturated rings. The van der Waals surface area contributed by atoms with Gasteiger partial charge in [-0.3, -0.25) is 47.5 Å². The summed E-state index contributed by atoms with van der Waals surface area (Å²) in [6, 6.07) is 19.3. The van der Waals surface area contributed by atoms with Crippen LogP contribution in [-0.2, 0) is 51.1 Å². The lowest BCUT2D eigenvalue weighted by Crippen LogP contribution is -2.50. The fourth-order valence-electron chi connectivity index (χ4n) is 6.84. The number of amides is 6. The molecule has 2 aromatic heterocycles. The first-order valence-corrected chi connectivity index (χ1v) is 22.4. The fourth-order valence-corrected chi connectivity index (χ4v) is 9.12. The number of nitrogens with one attached hydrogen (secondary N) is 6. The van der Waals surface area contributed by atoms with E-state index in [1.165, 1.54) is 51.9 Å². The molecule has 0 spiro atoms. The zero-order valence-electron chi connectivity index (χ0n) is 35.8. The van der Waals surface area contributed by atoms with Crippen molar-refractivity contribution in [2.75, 3.05) is 42.3 Å². The van der Waals surface area contributed by atoms with E-state index in [-0.39, 0.29) is 35.7 Å². The van der Waals surface area contributed by atoms with Crippen LogP contribution in [0.15, 0.2) is 105 Å². The van der Waals surface area contributed by atoms with Gasteiger partial charge in [0.25, 0.3) is 11.1 Å². The highest BCUT2D eigenvalue weighted by atomic mass is 32.2. The first kappa shape index (κ1) is 47.6. The SMILES string of the molecule is COC(=O)CNC(=O)[C@@H]1CSc2ccc(NC(=O)[C@H](Cc3ccccc3)NC(=O)CNC(=O)[C@@H]3CSc4ccc(NC(=O)[C@H](Cc5ccccc5)NC(=O)OC(C)(C)C)c(=O)n43)c(=O)n21. The van der Waals surface area contributed by atoms with Crippen LogP contribution in [0.2, 0.25) is 0 Å². The van der Waals surface area contributed by atoms with E-state index in [2.05, 4.69) is 36.6 Å². The first-order valence-electron chi connectivity index (χ1n) is 20.4. The number of ether oxygens (including phenoxy) is 2. The van der Waals surface area contributed by atoms with Crippen LogP contribution < -0.4 is 43.0 Å². The molecule has 19 nitrogen and oxygen atoms in total. The van der Waals surface area contributed by atoms with Gasteiger partial charge >= 0.3 is 12.1 Å². The number of aromatic nitrogens is 2. The highest BCUT2D eigenvalue weighted by molar-refractivity contribution is 7.99. The van der Waals surface area contributed by atoms with E-state index in [1.54, 1.807) is 87.5 Å². The Labute approximate surface area is 381 Å². The van der Waals surface area contributed by atoms with E-state index >= 15 is 0 Å². The van der Waals surface area contributed by atoms with Gasteiger partial charge in [0, 0.05) is 24.3 Å². The number of thioether (sulfide) groups is 2. The van der Waals surface area contributed by atoms with Gasteiger partial charge in [0.1, 0.15) is 47.7 Å². The number of nitrogens with zero attached hydrogens (tertiary/aromatic N) is 2. The predicted octanol–water partition coefficient (Wildman–Crippen LogP) is 2.15. The van der Waals surface area contributed by atoms with E-state index in [4.69, 9.17) is 4.74 Å². The highest BCUT2D eigenvalue weighted by Gasteiger charge is 2.34. The molecule has 4 heterocycles. The van der Waals surface area contributed by atoms with E-state index in [1.807, 2.05) is 6.07 Å². The summed E-state index contributed by atoms with van der Waals surface area (Å²) in [4.78, 5) is 119. The summed E-state index contributed by atoms with van der Waals surface area (Å²) in [7, 11) is 1.18. The number of pyridine rings is 2. The molecule has 342 valence electrons. The Morgan fingerprint density at radius 1 is 0.646 bits per heavy atom. The normalized spacial score (nSPS) is 15.8. The summed E-state index contributed by atoms with van der Waals surface area (Å²) < 4.78 is 12.4. The summed E-state index contributed by atoms with van der Waals surface area (Å²) in [6.45, 7) is 4.08. The van der Waals surface area contributed by atoms with E-state index in [0.717, 1.165) is 5.56 Å². The van der Waals surface area contributed by atoms with E-state index in [9.17, 15) is 43.2 Å². The van der Waals surface area contributed by atoms with Crippen molar-refractivity contribution in [1.29, 1.82) is 0 Å². The predicted molar refractivity (Wildman–Crippen MR) is 242 cm³/mol. The Bertz CT molecular complexity index is 2580. The number of carbonyl (C=O) groups excluding carboxylic acids is 7. The second kappa shape index (κ2) is 21.2. The van der Waals surface area contributed by atoms with Crippen LogP contribution in [0.4, 0.5) is 16.2 Å². The van der Waals surface area contributed by atoms with Gasteiger partial charge in [0.05, 0.1) is 23.7 Å². The largest absolute Gasteiger partial charge is 0.468 e. The first-order chi connectivity index (χ1) is 31.0. The summed E-state index contributed by atoms with van der Waals surface area (Å²) >= 11 is 2.48. The molecule has 0 bridgehead atoms. The summed E-state index contributed by atoms with van der Waals surface area (Å²) in [5.74, 6) is -3.78. The molecular formula is C44H48N8O11S2. The Hall–Kier alpha value is -6.87. The van der Waals surface area contributed by atoms with Crippen molar-refractivity contribution in [1.82, 2.24) is 30.4 Å². The van der Waals surface area contributed by atoms with Crippen LogP contribution in [0, 0.1) is 0 Å². The minimum atomic E-state index is -1.24. The molecule has 2 aliphatic rings. The standard InChI is InChI=1S/C44H48N8O11S2/c1-44(2,3)63-43(61)50-30(20-26-13-9-6-10-14-26)38(56)49-28-16-18-34-51(42(28)60)31(23-64-34)39(57)45-21-33(53)47-29(19-25-11-7-5-8-12-25)37(55)48-27-15-17-35-52(41(27)59)32(24-65-35)40(58)46-22-36(54)62-4/h5-18,29-32H,19-24H2,1-4H3,(H,45,57)(H,46,58)(H,47,53)(H,48,55)(H,49,56)(H,50,61)/t29-,30-,31-,32-/m0/s1. The molecule has 6 rings (SSSR count). The number of carbonyl (C=O) groups is 7. The average Bonchev–Trinajstić information content (AvgIpc) is 3.92. The second-order valence-electron chi connectivity index (χ2n) is 15.9. The van der Waals surface area contributed by atoms with Crippen molar-refractivity contribution in [2.24, 2.45) is 0 Å². The molecule has 65 heavy (non-hydrogen) atoms. The van der Waals surface area contributed by atoms with Crippen molar-refractivity contribution in [3.05, 3.63) is 117 Å². The molecule has 0 saturated heterocycles. The quantitative estimate of drug-likeness (QED) is 0.0883. The van der Waals surface area contributed by atoms with Crippen LogP contribution in [0.1, 0.15) is 44.0 Å². The molecular weight excluding hydrogens is 881 g/mol. The number of esters is 1. The second-order valence-corrected chi connectivity index (χ2v) is 17.9. The number of fused-ring (bicyclic) bond motifs is 2. The lowest BCUT2D eigenvalue weighted by atomic mass is 10.0. The molecule has 21 heteroatoms. The molecule has 2 aromatic carbocycles. The maximum absolute atomic E-state index is 13.8. The number of methoxy groups -OCH3 is 1. The third-order valence-corrected chi connectivity index (χ3v) is 12.2. The molecule has 0 saturated carbocycles. The lowest BCUT2D eigenvalue weighted by molar-refractivity contribution is -0.141. The van der Waals surface area contributed by atoms with Gasteiger partial charge in [0.2, 0.25) is 29.5 Å². The van der Waals surface area contributed by atoms with E-state index < -0.39 is 95.6 Å². The van der Waals surface area contributed by atoms with Gasteiger partial charge in [-0.2, -0.15) is 0 Å². The van der Waals surface area contributed by atoms with Crippen molar-refractivity contribution in [3.63, 3.8) is 0 Å². The Morgan fingerprint density at radius 2 is 1.09 bits per heavy atom. The number of hydrogen-bond acceptors (Lipinski definition) is 13. The lowest BCUT2D eigenvalue weighted by Gasteiger charge is -2.23. The third kappa shape index (κ3) is 12.4. The van der Waals surface area contributed by atoms with E-state index in [0.29, 0.717) is 15.6 Å². The zero-order valence-corrected chi connectivity index (χ0v) is 37.5. The topological polar surface area (TPSA) is 254 Å². The molecule has 4 aromatic rings. The summed E-state index contributed by atoms with van der Waals surface area (Å²) in [5, 5.41) is 16.3.